The Labute approximate surface area is 696 Å². The van der Waals surface area contributed by atoms with Crippen LogP contribution in [0.3, 0.4) is 0 Å². The Morgan fingerprint density at radius 2 is 0.723 bits per heavy atom. The van der Waals surface area contributed by atoms with E-state index in [-0.39, 0.29) is 0 Å². The molecule has 0 fully saturated rings. The number of fused-ring (bicyclic) bond motifs is 23. The summed E-state index contributed by atoms with van der Waals surface area (Å²) < 4.78 is 21.1. The number of hydrogen-bond donors (Lipinski definition) is 0. The molecule has 9 heterocycles. The maximum Gasteiger partial charge on any atom is 0.234 e. The molecule has 0 aliphatic carbocycles. The lowest BCUT2D eigenvalue weighted by Gasteiger charge is -2.35. The Balaban J connectivity index is 0.000000140. The van der Waals surface area contributed by atoms with E-state index in [0.29, 0.717) is 17.2 Å². The molecule has 0 aliphatic heterocycles. The number of nitriles is 1. The summed E-state index contributed by atoms with van der Waals surface area (Å²) in [4.78, 5) is 15.3. The molecule has 0 atom stereocenters. The van der Waals surface area contributed by atoms with Crippen molar-refractivity contribution in [2.75, 3.05) is 0 Å². The van der Waals surface area contributed by atoms with Gasteiger partial charge in [0, 0.05) is 133 Å². The standard InChI is InChI=1S/C61H37N3S2Si.C45H28N4OSSi/c62-38-39-34-41(36-44(35-39)67(42-16-3-1-4-17-42,43-18-5-2-6-19-43)58-29-15-24-47-45-20-9-14-28-56(45)66-61(47)58)64-52-26-12-8-23-49(52)60-54(64)32-31-53-59(60)48-22-7-11-25-51(48)63(53)40-30-33-57-50(37-40)46-21-10-13-27-55(46)65-57;1-3-13-29(14-4-1)52(30-15-5-2-6-16-30,39-23-11-19-32-31-17-8-10-22-38(31)51-43(32)39)40-26-28-47-45(48-40)49-35-21-9-7-18-33(35)41-36(49)24-25-37-42(41)34-20-12-27-46-44(34)50-37/h1-37H;1-28H. The minimum atomic E-state index is -3.16. The Hall–Kier alpha value is -14.5. The number of nitrogens with zero attached hydrogens (tertiary/aromatic N) is 7. The van der Waals surface area contributed by atoms with E-state index in [4.69, 9.17) is 14.4 Å². The van der Waals surface area contributed by atoms with E-state index >= 15 is 0 Å². The molecule has 0 N–H and O–H groups in total. The molecule has 119 heavy (non-hydrogen) atoms. The second-order valence-corrected chi connectivity index (χ2v) is 41.3. The molecule has 13 heteroatoms. The molecule has 556 valence electrons. The monoisotopic (exact) mass is 1600 g/mol. The number of aromatic nitrogens is 6. The van der Waals surface area contributed by atoms with E-state index in [1.54, 1.807) is 6.20 Å². The average Bonchev–Trinajstić information content (AvgIpc) is 1.70. The lowest BCUT2D eigenvalue weighted by Crippen LogP contribution is -2.75. The number of hydrogen-bond acceptors (Lipinski definition) is 8. The van der Waals surface area contributed by atoms with Gasteiger partial charge in [0.05, 0.1) is 44.7 Å². The number of furan rings is 1. The zero-order chi connectivity index (χ0) is 78.4. The zero-order valence-electron chi connectivity index (χ0n) is 63.8. The van der Waals surface area contributed by atoms with Crippen molar-refractivity contribution in [1.82, 2.24) is 28.7 Å². The van der Waals surface area contributed by atoms with Gasteiger partial charge in [0.1, 0.15) is 5.58 Å². The second kappa shape index (κ2) is 27.3. The fourth-order valence-electron chi connectivity index (χ4n) is 19.7. The maximum absolute atomic E-state index is 11.1. The van der Waals surface area contributed by atoms with Gasteiger partial charge in [0.15, 0.2) is 8.07 Å². The number of rotatable bonds is 11. The first-order valence-corrected chi connectivity index (χ1v) is 46.4. The highest BCUT2D eigenvalue weighted by molar-refractivity contribution is 7.31. The van der Waals surface area contributed by atoms with Crippen LogP contribution in [-0.4, -0.2) is 44.8 Å². The lowest BCUT2D eigenvalue weighted by atomic mass is 10.1. The van der Waals surface area contributed by atoms with Crippen molar-refractivity contribution in [2.24, 2.45) is 0 Å². The molecule has 0 amide bonds. The SMILES string of the molecule is N#Cc1cc(-n2c3ccccc3c3c4c5ccccc5n(-c5ccc6sc7ccccc7c6c5)c4ccc32)cc([Si](c2ccccc2)(c2ccccc2)c2cccc3c2sc2ccccc23)c1.c1ccc([Si](c2ccccc2)(c2ccnc(-n3c4ccccc4c4c5c(ccc43)oc3ncccc35)n2)c2cccc3c2sc2ccccc23)cc1. The minimum Gasteiger partial charge on any atom is -0.438 e. The molecule has 0 spiro atoms. The molecule has 0 unspecified atom stereocenters. The van der Waals surface area contributed by atoms with Gasteiger partial charge in [-0.2, -0.15) is 5.26 Å². The van der Waals surface area contributed by atoms with Gasteiger partial charge >= 0.3 is 0 Å². The van der Waals surface area contributed by atoms with Crippen LogP contribution in [0, 0.1) is 11.3 Å². The quantitative estimate of drug-likeness (QED) is 0.0951. The van der Waals surface area contributed by atoms with Crippen LogP contribution in [0.15, 0.2) is 399 Å². The third-order valence-corrected chi connectivity index (χ3v) is 37.9. The van der Waals surface area contributed by atoms with Crippen molar-refractivity contribution in [2.45, 2.75) is 0 Å². The molecule has 0 bridgehead atoms. The van der Waals surface area contributed by atoms with Crippen LogP contribution in [0.1, 0.15) is 5.56 Å². The first kappa shape index (κ1) is 68.9. The van der Waals surface area contributed by atoms with Crippen LogP contribution in [-0.2, 0) is 0 Å². The highest BCUT2D eigenvalue weighted by Crippen LogP contribution is 2.46. The lowest BCUT2D eigenvalue weighted by molar-refractivity contribution is 0.654. The van der Waals surface area contributed by atoms with E-state index in [9.17, 15) is 5.26 Å². The molecule has 25 aromatic rings. The van der Waals surface area contributed by atoms with E-state index in [1.165, 1.54) is 124 Å². The molecule has 9 aromatic heterocycles. The van der Waals surface area contributed by atoms with Crippen molar-refractivity contribution >= 4 is 240 Å². The van der Waals surface area contributed by atoms with Crippen LogP contribution in [0.5, 0.6) is 0 Å². The van der Waals surface area contributed by atoms with Gasteiger partial charge in [-0.15, -0.1) is 34.0 Å². The van der Waals surface area contributed by atoms with E-state index < -0.39 is 16.1 Å². The van der Waals surface area contributed by atoms with Crippen molar-refractivity contribution < 1.29 is 4.42 Å². The van der Waals surface area contributed by atoms with Gasteiger partial charge in [0.25, 0.3) is 0 Å². The van der Waals surface area contributed by atoms with Gasteiger partial charge in [-0.25, -0.2) is 15.0 Å². The van der Waals surface area contributed by atoms with Gasteiger partial charge in [-0.1, -0.05) is 267 Å². The predicted molar refractivity (Wildman–Crippen MR) is 507 cm³/mol. The average molecular weight is 1610 g/mol. The Morgan fingerprint density at radius 1 is 0.286 bits per heavy atom. The van der Waals surface area contributed by atoms with Gasteiger partial charge in [-0.05, 0) is 152 Å². The first-order chi connectivity index (χ1) is 59.0. The first-order valence-electron chi connectivity index (χ1n) is 40.0. The number of para-hydroxylation sites is 3. The van der Waals surface area contributed by atoms with Crippen LogP contribution < -0.4 is 41.6 Å². The Kier molecular flexibility index (Phi) is 15.8. The van der Waals surface area contributed by atoms with Crippen LogP contribution >= 0.6 is 34.0 Å². The van der Waals surface area contributed by atoms with Gasteiger partial charge in [0.2, 0.25) is 19.7 Å². The highest BCUT2D eigenvalue weighted by Gasteiger charge is 2.46. The highest BCUT2D eigenvalue weighted by atomic mass is 32.1. The van der Waals surface area contributed by atoms with Crippen LogP contribution in [0.25, 0.3) is 165 Å². The van der Waals surface area contributed by atoms with Crippen molar-refractivity contribution in [3.8, 4) is 23.4 Å². The zero-order valence-corrected chi connectivity index (χ0v) is 68.2. The third kappa shape index (κ3) is 10.3. The Bertz CT molecular complexity index is 8410. The van der Waals surface area contributed by atoms with E-state index in [0.717, 1.165) is 71.4 Å². The van der Waals surface area contributed by atoms with Crippen LogP contribution in [0.2, 0.25) is 0 Å². The number of benzene rings is 16. The molecule has 0 radical (unpaired) electrons. The molecular weight excluding hydrogens is 1540 g/mol. The minimum absolute atomic E-state index is 0.636. The molecular formula is C106H65N7OS3Si2. The predicted octanol–water partition coefficient (Wildman–Crippen LogP) is 22.5. The molecule has 0 saturated carbocycles. The van der Waals surface area contributed by atoms with E-state index in [1.807, 2.05) is 52.3 Å². The molecule has 8 nitrogen and oxygen atoms in total. The van der Waals surface area contributed by atoms with Crippen LogP contribution in [0.4, 0.5) is 0 Å². The summed E-state index contributed by atoms with van der Waals surface area (Å²) in [7, 11) is -6.21. The summed E-state index contributed by atoms with van der Waals surface area (Å²) >= 11 is 5.61. The van der Waals surface area contributed by atoms with Gasteiger partial charge < -0.3 is 13.6 Å². The largest absolute Gasteiger partial charge is 0.438 e. The number of thiophene rings is 3. The summed E-state index contributed by atoms with van der Waals surface area (Å²) in [5.74, 6) is 0.640. The maximum atomic E-state index is 11.1. The normalized spacial score (nSPS) is 12.2. The topological polar surface area (TPSA) is 90.4 Å². The fourth-order valence-corrected chi connectivity index (χ4v) is 33.8. The Morgan fingerprint density at radius 3 is 1.29 bits per heavy atom. The smallest absolute Gasteiger partial charge is 0.234 e. The van der Waals surface area contributed by atoms with Crippen molar-refractivity contribution in [3.05, 3.63) is 400 Å². The summed E-state index contributed by atoms with van der Waals surface area (Å²) in [6.45, 7) is 0. The number of pyridine rings is 1. The second-order valence-electron chi connectivity index (χ2n) is 30.6. The summed E-state index contributed by atoms with van der Waals surface area (Å²) in [5.41, 5.74) is 10.8. The van der Waals surface area contributed by atoms with Crippen molar-refractivity contribution in [3.63, 3.8) is 0 Å². The summed E-state index contributed by atoms with van der Waals surface area (Å²) in [6.07, 6.45) is 3.73. The molecule has 0 saturated heterocycles. The molecule has 16 aromatic carbocycles. The third-order valence-electron chi connectivity index (χ3n) is 24.5. The summed E-state index contributed by atoms with van der Waals surface area (Å²) in [6, 6.07) is 142. The van der Waals surface area contributed by atoms with Crippen molar-refractivity contribution in [1.29, 1.82) is 5.26 Å². The summed E-state index contributed by atoms with van der Waals surface area (Å²) in [5, 5.41) is 37.8. The fraction of sp³-hybridized carbons (Fsp3) is 0. The van der Waals surface area contributed by atoms with Gasteiger partial charge in [-0.3, -0.25) is 4.57 Å². The molecule has 0 aliphatic rings. The molecule has 25 rings (SSSR count). The van der Waals surface area contributed by atoms with E-state index in [2.05, 4.69) is 395 Å².